The molecular weight excluding hydrogens is 284 g/mol. The molecule has 3 nitrogen and oxygen atoms in total. The van der Waals surface area contributed by atoms with Gasteiger partial charge in [-0.3, -0.25) is 0 Å². The van der Waals surface area contributed by atoms with Gasteiger partial charge in [-0.2, -0.15) is 0 Å². The van der Waals surface area contributed by atoms with Crippen LogP contribution in [-0.2, 0) is 0 Å². The molecule has 2 N–H and O–H groups in total. The summed E-state index contributed by atoms with van der Waals surface area (Å²) in [5.74, 6) is 0.652. The molecule has 17 heavy (non-hydrogen) atoms. The number of rotatable bonds is 5. The Morgan fingerprint density at radius 1 is 1.41 bits per heavy atom. The van der Waals surface area contributed by atoms with Gasteiger partial charge in [-0.15, -0.1) is 0 Å². The average molecular weight is 303 g/mol. The number of aliphatic hydroxyl groups excluding tert-OH is 1. The quantitative estimate of drug-likeness (QED) is 0.879. The molecule has 0 aliphatic rings. The Morgan fingerprint density at radius 3 is 2.59 bits per heavy atom. The van der Waals surface area contributed by atoms with Gasteiger partial charge in [-0.25, -0.2) is 0 Å². The summed E-state index contributed by atoms with van der Waals surface area (Å²) in [5, 5.41) is 19.2. The van der Waals surface area contributed by atoms with Crippen molar-refractivity contribution in [2.45, 2.75) is 38.9 Å². The van der Waals surface area contributed by atoms with Gasteiger partial charge in [0.05, 0.1) is 18.3 Å². The van der Waals surface area contributed by atoms with Crippen molar-refractivity contribution in [3.8, 4) is 5.75 Å². The van der Waals surface area contributed by atoms with Crippen LogP contribution in [0.25, 0.3) is 0 Å². The highest BCUT2D eigenvalue weighted by Gasteiger charge is 2.14. The number of benzene rings is 1. The highest BCUT2D eigenvalue weighted by Crippen LogP contribution is 2.29. The summed E-state index contributed by atoms with van der Waals surface area (Å²) < 4.78 is 6.51. The van der Waals surface area contributed by atoms with Gasteiger partial charge >= 0.3 is 0 Å². The molecule has 4 heteroatoms. The summed E-state index contributed by atoms with van der Waals surface area (Å²) in [6.45, 7) is 5.60. The third kappa shape index (κ3) is 5.06. The van der Waals surface area contributed by atoms with E-state index in [1.54, 1.807) is 20.8 Å². The Morgan fingerprint density at radius 2 is 2.06 bits per heavy atom. The van der Waals surface area contributed by atoms with E-state index >= 15 is 0 Å². The van der Waals surface area contributed by atoms with Gasteiger partial charge < -0.3 is 14.9 Å². The van der Waals surface area contributed by atoms with Crippen LogP contribution < -0.4 is 4.74 Å². The Bertz CT molecular complexity index is 369. The molecular formula is C13H19BrO3. The van der Waals surface area contributed by atoms with E-state index in [4.69, 9.17) is 4.74 Å². The topological polar surface area (TPSA) is 49.7 Å². The lowest BCUT2D eigenvalue weighted by Gasteiger charge is -2.19. The van der Waals surface area contributed by atoms with Crippen LogP contribution in [0.3, 0.4) is 0 Å². The van der Waals surface area contributed by atoms with Gasteiger partial charge in [0.1, 0.15) is 5.75 Å². The fraction of sp³-hybridized carbons (Fsp3) is 0.538. The second-order valence-corrected chi connectivity index (χ2v) is 5.68. The highest BCUT2D eigenvalue weighted by atomic mass is 79.9. The first-order valence-corrected chi connectivity index (χ1v) is 6.41. The molecule has 1 aromatic carbocycles. The largest absolute Gasteiger partial charge is 0.493 e. The fourth-order valence-corrected chi connectivity index (χ4v) is 1.73. The number of ether oxygens (including phenoxy) is 1. The molecule has 0 aliphatic heterocycles. The monoisotopic (exact) mass is 302 g/mol. The van der Waals surface area contributed by atoms with E-state index < -0.39 is 11.7 Å². The second-order valence-electron chi connectivity index (χ2n) is 4.77. The van der Waals surface area contributed by atoms with E-state index in [0.717, 1.165) is 10.0 Å². The van der Waals surface area contributed by atoms with Crippen molar-refractivity contribution in [2.75, 3.05) is 6.61 Å². The molecule has 0 spiro atoms. The van der Waals surface area contributed by atoms with Crippen molar-refractivity contribution in [1.82, 2.24) is 0 Å². The van der Waals surface area contributed by atoms with Gasteiger partial charge in [0, 0.05) is 16.5 Å². The van der Waals surface area contributed by atoms with Crippen molar-refractivity contribution >= 4 is 15.9 Å². The molecule has 1 atom stereocenters. The van der Waals surface area contributed by atoms with E-state index in [2.05, 4.69) is 15.9 Å². The van der Waals surface area contributed by atoms with E-state index in [1.165, 1.54) is 0 Å². The molecule has 0 aliphatic carbocycles. The van der Waals surface area contributed by atoms with Crippen LogP contribution in [0.1, 0.15) is 38.9 Å². The minimum absolute atomic E-state index is 0.416. The number of hydrogen-bond acceptors (Lipinski definition) is 3. The molecule has 0 saturated heterocycles. The van der Waals surface area contributed by atoms with E-state index in [9.17, 15) is 10.2 Å². The van der Waals surface area contributed by atoms with Gasteiger partial charge in [0.15, 0.2) is 0 Å². The van der Waals surface area contributed by atoms with Gasteiger partial charge in [-0.05, 0) is 32.9 Å². The molecule has 0 amide bonds. The molecule has 0 saturated carbocycles. The summed E-state index contributed by atoms with van der Waals surface area (Å²) in [5.41, 5.74) is 0.0146. The summed E-state index contributed by atoms with van der Waals surface area (Å²) in [6, 6.07) is 5.52. The van der Waals surface area contributed by atoms with Crippen LogP contribution in [0.4, 0.5) is 0 Å². The Hall–Kier alpha value is -0.580. The molecule has 0 bridgehead atoms. The van der Waals surface area contributed by atoms with Gasteiger partial charge in [0.25, 0.3) is 0 Å². The predicted molar refractivity (Wildman–Crippen MR) is 71.2 cm³/mol. The van der Waals surface area contributed by atoms with Crippen LogP contribution in [0.2, 0.25) is 0 Å². The molecule has 0 fully saturated rings. The summed E-state index contributed by atoms with van der Waals surface area (Å²) in [4.78, 5) is 0. The van der Waals surface area contributed by atoms with Crippen LogP contribution in [0.5, 0.6) is 5.75 Å². The van der Waals surface area contributed by atoms with E-state index in [0.29, 0.717) is 18.8 Å². The zero-order valence-corrected chi connectivity index (χ0v) is 12.0. The van der Waals surface area contributed by atoms with E-state index in [-0.39, 0.29) is 0 Å². The molecule has 1 unspecified atom stereocenters. The molecule has 96 valence electrons. The van der Waals surface area contributed by atoms with Crippen molar-refractivity contribution < 1.29 is 14.9 Å². The molecule has 0 radical (unpaired) electrons. The summed E-state index contributed by atoms with van der Waals surface area (Å²) in [6.07, 6.45) is -0.0288. The first-order chi connectivity index (χ1) is 7.79. The lowest BCUT2D eigenvalue weighted by Crippen LogP contribution is -2.22. The average Bonchev–Trinajstić information content (AvgIpc) is 2.15. The fourth-order valence-electron chi connectivity index (χ4n) is 1.39. The maximum absolute atomic E-state index is 9.61. The summed E-state index contributed by atoms with van der Waals surface area (Å²) in [7, 11) is 0. The standard InChI is InChI=1S/C13H19BrO3/c1-9(15)11-5-4-10(14)8-12(11)17-7-6-13(2,3)16/h4-5,8-9,15-16H,6-7H2,1-3H3. The Kier molecular flexibility index (Phi) is 4.98. The van der Waals surface area contributed by atoms with Crippen molar-refractivity contribution in [3.63, 3.8) is 0 Å². The number of hydrogen-bond donors (Lipinski definition) is 2. The van der Waals surface area contributed by atoms with Crippen molar-refractivity contribution in [3.05, 3.63) is 28.2 Å². The SMILES string of the molecule is CC(O)c1ccc(Br)cc1OCCC(C)(C)O. The molecule has 1 rings (SSSR count). The summed E-state index contributed by atoms with van der Waals surface area (Å²) >= 11 is 3.37. The molecule has 1 aromatic rings. The third-order valence-corrected chi connectivity index (χ3v) is 2.89. The third-order valence-electron chi connectivity index (χ3n) is 2.40. The van der Waals surface area contributed by atoms with Gasteiger partial charge in [-0.1, -0.05) is 22.0 Å². The zero-order valence-electron chi connectivity index (χ0n) is 10.4. The number of aliphatic hydroxyl groups is 2. The van der Waals surface area contributed by atoms with Crippen LogP contribution in [0, 0.1) is 0 Å². The lowest BCUT2D eigenvalue weighted by atomic mass is 10.1. The Labute approximate surface area is 111 Å². The van der Waals surface area contributed by atoms with Crippen LogP contribution in [-0.4, -0.2) is 22.4 Å². The lowest BCUT2D eigenvalue weighted by molar-refractivity contribution is 0.0548. The first kappa shape index (κ1) is 14.5. The second kappa shape index (κ2) is 5.85. The first-order valence-electron chi connectivity index (χ1n) is 5.62. The normalized spacial score (nSPS) is 13.5. The predicted octanol–water partition coefficient (Wildman–Crippen LogP) is 3.04. The minimum Gasteiger partial charge on any atom is -0.493 e. The van der Waals surface area contributed by atoms with Crippen molar-refractivity contribution in [2.24, 2.45) is 0 Å². The Balaban J connectivity index is 2.72. The number of halogens is 1. The van der Waals surface area contributed by atoms with Gasteiger partial charge in [0.2, 0.25) is 0 Å². The van der Waals surface area contributed by atoms with Crippen molar-refractivity contribution in [1.29, 1.82) is 0 Å². The maximum atomic E-state index is 9.61. The molecule has 0 heterocycles. The molecule has 0 aromatic heterocycles. The minimum atomic E-state index is -0.739. The smallest absolute Gasteiger partial charge is 0.126 e. The highest BCUT2D eigenvalue weighted by molar-refractivity contribution is 9.10. The van der Waals surface area contributed by atoms with Crippen LogP contribution in [0.15, 0.2) is 22.7 Å². The maximum Gasteiger partial charge on any atom is 0.126 e. The van der Waals surface area contributed by atoms with Crippen LogP contribution >= 0.6 is 15.9 Å². The van der Waals surface area contributed by atoms with E-state index in [1.807, 2.05) is 18.2 Å². The zero-order chi connectivity index (χ0) is 13.1.